The van der Waals surface area contributed by atoms with Crippen molar-refractivity contribution in [3.05, 3.63) is 230 Å². The Bertz CT molecular complexity index is 3100. The van der Waals surface area contributed by atoms with Crippen molar-refractivity contribution >= 4 is 38.9 Å². The van der Waals surface area contributed by atoms with Crippen LogP contribution in [0.25, 0.3) is 72.0 Å². The third kappa shape index (κ3) is 5.71. The van der Waals surface area contributed by atoms with Crippen LogP contribution >= 0.6 is 0 Å². The number of hydrogen-bond acceptors (Lipinski definition) is 1. The molecule has 1 aromatic heterocycles. The summed E-state index contributed by atoms with van der Waals surface area (Å²) in [6.45, 7) is 4.76. The van der Waals surface area contributed by atoms with E-state index in [4.69, 9.17) is 0 Å². The second-order valence-corrected chi connectivity index (χ2v) is 16.1. The topological polar surface area (TPSA) is 8.17 Å². The highest BCUT2D eigenvalue weighted by Crippen LogP contribution is 2.54. The van der Waals surface area contributed by atoms with Gasteiger partial charge in [0.1, 0.15) is 0 Å². The molecular weight excluding hydrogens is 713 g/mol. The van der Waals surface area contributed by atoms with Gasteiger partial charge < -0.3 is 9.47 Å². The van der Waals surface area contributed by atoms with Crippen LogP contribution in [0.1, 0.15) is 25.0 Å². The predicted octanol–water partition coefficient (Wildman–Crippen LogP) is 15.6. The van der Waals surface area contributed by atoms with E-state index in [2.05, 4.69) is 242 Å². The molecule has 0 spiro atoms. The van der Waals surface area contributed by atoms with Crippen molar-refractivity contribution in [1.29, 1.82) is 0 Å². The molecule has 2 heteroatoms. The molecule has 2 nitrogen and oxygen atoms in total. The molecule has 10 aromatic rings. The number of para-hydroxylation sites is 3. The van der Waals surface area contributed by atoms with E-state index in [1.54, 1.807) is 0 Å². The largest absolute Gasteiger partial charge is 0.310 e. The van der Waals surface area contributed by atoms with Crippen LogP contribution in [0, 0.1) is 0 Å². The molecule has 59 heavy (non-hydrogen) atoms. The summed E-state index contributed by atoms with van der Waals surface area (Å²) in [7, 11) is 0. The number of benzene rings is 9. The van der Waals surface area contributed by atoms with Gasteiger partial charge in [0.05, 0.1) is 16.7 Å². The van der Waals surface area contributed by atoms with Crippen LogP contribution in [0.3, 0.4) is 0 Å². The first kappa shape index (κ1) is 34.8. The van der Waals surface area contributed by atoms with E-state index in [-0.39, 0.29) is 5.41 Å². The molecule has 0 bridgehead atoms. The Morgan fingerprint density at radius 3 is 1.59 bits per heavy atom. The van der Waals surface area contributed by atoms with Gasteiger partial charge in [0.15, 0.2) is 0 Å². The number of rotatable bonds is 7. The summed E-state index contributed by atoms with van der Waals surface area (Å²) < 4.78 is 2.39. The van der Waals surface area contributed by atoms with Gasteiger partial charge in [-0.05, 0) is 105 Å². The van der Waals surface area contributed by atoms with Crippen molar-refractivity contribution in [3.63, 3.8) is 0 Å². The SMILES string of the molecule is CC1(C)c2cc(N(c3ccc(-c4ccccc4)cc3)c3ccccc3-c3ccccc3)ccc2-c2c(-c3ccc(-n4c5ccccc5c5ccccc54)cc3)cccc21. The monoisotopic (exact) mass is 754 g/mol. The summed E-state index contributed by atoms with van der Waals surface area (Å²) in [5.41, 5.74) is 19.4. The fourth-order valence-electron chi connectivity index (χ4n) is 9.54. The molecule has 0 saturated carbocycles. The Morgan fingerprint density at radius 1 is 0.373 bits per heavy atom. The Morgan fingerprint density at radius 2 is 0.898 bits per heavy atom. The fraction of sp³-hybridized carbons (Fsp3) is 0.0526. The van der Waals surface area contributed by atoms with E-state index >= 15 is 0 Å². The zero-order chi connectivity index (χ0) is 39.5. The Balaban J connectivity index is 1.03. The van der Waals surface area contributed by atoms with Crippen LogP contribution in [0.15, 0.2) is 218 Å². The van der Waals surface area contributed by atoms with Crippen LogP contribution in [0.4, 0.5) is 17.1 Å². The molecule has 280 valence electrons. The number of hydrogen-bond donors (Lipinski definition) is 0. The van der Waals surface area contributed by atoms with Gasteiger partial charge in [-0.1, -0.05) is 178 Å². The molecule has 0 unspecified atom stereocenters. The lowest BCUT2D eigenvalue weighted by Crippen LogP contribution is -2.17. The summed E-state index contributed by atoms with van der Waals surface area (Å²) >= 11 is 0. The Labute approximate surface area is 345 Å². The predicted molar refractivity (Wildman–Crippen MR) is 249 cm³/mol. The zero-order valence-corrected chi connectivity index (χ0v) is 33.2. The molecule has 1 heterocycles. The lowest BCUT2D eigenvalue weighted by atomic mass is 9.81. The first-order valence-electron chi connectivity index (χ1n) is 20.5. The van der Waals surface area contributed by atoms with Crippen LogP contribution in [0.5, 0.6) is 0 Å². The molecule has 0 saturated heterocycles. The highest BCUT2D eigenvalue weighted by atomic mass is 15.1. The van der Waals surface area contributed by atoms with Gasteiger partial charge in [-0.25, -0.2) is 0 Å². The van der Waals surface area contributed by atoms with Gasteiger partial charge in [-0.3, -0.25) is 0 Å². The first-order chi connectivity index (χ1) is 29.0. The standard InChI is InChI=1S/C57H42N2/c1-57(2)51-24-15-23-47(42-30-34-44(35-31-42)59-54-26-13-10-21-48(54)49-22-11-14-27-55(49)59)56(51)50-37-36-45(38-52(50)57)58(43-32-28-40(29-33-43)39-16-5-3-6-17-39)53-25-12-9-20-46(53)41-18-7-4-8-19-41/h3-38H,1-2H3. The molecule has 0 aliphatic heterocycles. The highest BCUT2D eigenvalue weighted by Gasteiger charge is 2.37. The van der Waals surface area contributed by atoms with Gasteiger partial charge in [0.2, 0.25) is 0 Å². The van der Waals surface area contributed by atoms with Crippen molar-refractivity contribution in [3.8, 4) is 50.2 Å². The smallest absolute Gasteiger partial charge is 0.0541 e. The second kappa shape index (κ2) is 13.9. The van der Waals surface area contributed by atoms with E-state index < -0.39 is 0 Å². The van der Waals surface area contributed by atoms with Gasteiger partial charge in [0, 0.05) is 38.8 Å². The van der Waals surface area contributed by atoms with Gasteiger partial charge in [0.25, 0.3) is 0 Å². The third-order valence-electron chi connectivity index (χ3n) is 12.4. The fourth-order valence-corrected chi connectivity index (χ4v) is 9.54. The number of fused-ring (bicyclic) bond motifs is 6. The van der Waals surface area contributed by atoms with Crippen molar-refractivity contribution in [2.24, 2.45) is 0 Å². The average molecular weight is 755 g/mol. The maximum absolute atomic E-state index is 2.44. The molecule has 0 fully saturated rings. The molecular formula is C57H42N2. The second-order valence-electron chi connectivity index (χ2n) is 16.1. The lowest BCUT2D eigenvalue weighted by Gasteiger charge is -2.30. The van der Waals surface area contributed by atoms with Gasteiger partial charge >= 0.3 is 0 Å². The van der Waals surface area contributed by atoms with Gasteiger partial charge in [-0.15, -0.1) is 0 Å². The molecule has 9 aromatic carbocycles. The minimum atomic E-state index is -0.207. The molecule has 0 radical (unpaired) electrons. The van der Waals surface area contributed by atoms with Crippen molar-refractivity contribution in [2.45, 2.75) is 19.3 Å². The van der Waals surface area contributed by atoms with E-state index in [9.17, 15) is 0 Å². The van der Waals surface area contributed by atoms with Crippen molar-refractivity contribution in [2.75, 3.05) is 4.90 Å². The third-order valence-corrected chi connectivity index (χ3v) is 12.4. The van der Waals surface area contributed by atoms with Gasteiger partial charge in [-0.2, -0.15) is 0 Å². The molecule has 11 rings (SSSR count). The molecule has 1 aliphatic rings. The quantitative estimate of drug-likeness (QED) is 0.157. The number of anilines is 3. The summed E-state index contributed by atoms with van der Waals surface area (Å²) in [5, 5.41) is 2.55. The summed E-state index contributed by atoms with van der Waals surface area (Å²) in [4.78, 5) is 2.44. The minimum absolute atomic E-state index is 0.207. The Hall–Kier alpha value is -7.42. The van der Waals surface area contributed by atoms with E-state index in [0.29, 0.717) is 0 Å². The van der Waals surface area contributed by atoms with Crippen LogP contribution in [0.2, 0.25) is 0 Å². The molecule has 1 aliphatic carbocycles. The maximum atomic E-state index is 2.44. The zero-order valence-electron chi connectivity index (χ0n) is 33.2. The number of nitrogens with zero attached hydrogens (tertiary/aromatic N) is 2. The maximum Gasteiger partial charge on any atom is 0.0541 e. The van der Waals surface area contributed by atoms with Crippen LogP contribution in [-0.4, -0.2) is 4.57 Å². The normalized spacial score (nSPS) is 12.7. The van der Waals surface area contributed by atoms with Crippen molar-refractivity contribution < 1.29 is 0 Å². The summed E-state index contributed by atoms with van der Waals surface area (Å²) in [6.07, 6.45) is 0. The van der Waals surface area contributed by atoms with E-state index in [1.807, 2.05) is 0 Å². The van der Waals surface area contributed by atoms with Crippen LogP contribution in [-0.2, 0) is 5.41 Å². The molecule has 0 atom stereocenters. The van der Waals surface area contributed by atoms with Crippen LogP contribution < -0.4 is 4.90 Å². The van der Waals surface area contributed by atoms with E-state index in [0.717, 1.165) is 22.7 Å². The Kier molecular flexibility index (Phi) is 8.20. The summed E-state index contributed by atoms with van der Waals surface area (Å²) in [5.74, 6) is 0. The first-order valence-corrected chi connectivity index (χ1v) is 20.5. The average Bonchev–Trinajstić information content (AvgIpc) is 3.76. The van der Waals surface area contributed by atoms with Crippen molar-refractivity contribution in [1.82, 2.24) is 4.57 Å². The highest BCUT2D eigenvalue weighted by molar-refractivity contribution is 6.09. The number of aromatic nitrogens is 1. The lowest BCUT2D eigenvalue weighted by molar-refractivity contribution is 0.660. The molecule has 0 amide bonds. The van der Waals surface area contributed by atoms with E-state index in [1.165, 1.54) is 77.4 Å². The molecule has 0 N–H and O–H groups in total. The summed E-state index contributed by atoms with van der Waals surface area (Å²) in [6, 6.07) is 79.7. The minimum Gasteiger partial charge on any atom is -0.310 e.